The number of alkyl halides is 2. The van der Waals surface area contributed by atoms with Crippen LogP contribution in [0.3, 0.4) is 0 Å². The summed E-state index contributed by atoms with van der Waals surface area (Å²) in [4.78, 5) is 18.1. The number of nitrogens with one attached hydrogen (secondary N) is 2. The zero-order chi connectivity index (χ0) is 21.9. The van der Waals surface area contributed by atoms with Crippen LogP contribution in [0.15, 0.2) is 53.5 Å². The normalized spacial score (nSPS) is 11.3. The molecule has 8 heteroatoms. The van der Waals surface area contributed by atoms with Gasteiger partial charge in [0.1, 0.15) is 5.75 Å². The van der Waals surface area contributed by atoms with Crippen LogP contribution in [0.4, 0.5) is 8.78 Å². The predicted molar refractivity (Wildman–Crippen MR) is 114 cm³/mol. The van der Waals surface area contributed by atoms with Crippen LogP contribution in [0.5, 0.6) is 5.75 Å². The van der Waals surface area contributed by atoms with Gasteiger partial charge in [0.25, 0.3) is 5.91 Å². The smallest absolute Gasteiger partial charge is 0.387 e. The average molecular weight is 418 g/mol. The van der Waals surface area contributed by atoms with E-state index in [9.17, 15) is 13.6 Å². The molecule has 1 amide bonds. The van der Waals surface area contributed by atoms with Crippen molar-refractivity contribution in [3.63, 3.8) is 0 Å². The second-order valence-electron chi connectivity index (χ2n) is 6.76. The van der Waals surface area contributed by atoms with Crippen molar-refractivity contribution >= 4 is 11.9 Å². The van der Waals surface area contributed by atoms with Crippen molar-refractivity contribution < 1.29 is 18.3 Å². The molecule has 0 aromatic heterocycles. The van der Waals surface area contributed by atoms with Crippen molar-refractivity contribution in [2.24, 2.45) is 4.99 Å². The van der Waals surface area contributed by atoms with Crippen LogP contribution in [0, 0.1) is 0 Å². The number of ether oxygens (including phenoxy) is 1. The zero-order valence-electron chi connectivity index (χ0n) is 17.5. The molecule has 6 nitrogen and oxygen atoms in total. The molecule has 0 saturated heterocycles. The number of amides is 1. The minimum Gasteiger partial charge on any atom is -0.434 e. The van der Waals surface area contributed by atoms with Crippen LogP contribution in [-0.2, 0) is 13.0 Å². The van der Waals surface area contributed by atoms with E-state index >= 15 is 0 Å². The third-order valence-electron chi connectivity index (χ3n) is 4.23. The molecule has 0 atom stereocenters. The lowest BCUT2D eigenvalue weighted by Crippen LogP contribution is -2.38. The number of halogens is 2. The monoisotopic (exact) mass is 418 g/mol. The first-order chi connectivity index (χ1) is 14.4. The van der Waals surface area contributed by atoms with E-state index in [0.29, 0.717) is 36.6 Å². The van der Waals surface area contributed by atoms with Gasteiger partial charge in [0.05, 0.1) is 6.54 Å². The van der Waals surface area contributed by atoms with Crippen LogP contribution >= 0.6 is 0 Å². The fourth-order valence-electron chi connectivity index (χ4n) is 2.79. The summed E-state index contributed by atoms with van der Waals surface area (Å²) in [6.45, 7) is 0.526. The Morgan fingerprint density at radius 1 is 1.13 bits per heavy atom. The van der Waals surface area contributed by atoms with E-state index in [1.165, 1.54) is 6.07 Å². The summed E-state index contributed by atoms with van der Waals surface area (Å²) in [6, 6.07) is 14.1. The number of para-hydroxylation sites is 1. The van der Waals surface area contributed by atoms with Crippen LogP contribution < -0.4 is 15.4 Å². The Balaban J connectivity index is 1.98. The van der Waals surface area contributed by atoms with Gasteiger partial charge in [0.15, 0.2) is 5.96 Å². The first kappa shape index (κ1) is 23.1. The van der Waals surface area contributed by atoms with Gasteiger partial charge in [0, 0.05) is 38.3 Å². The number of rotatable bonds is 9. The minimum absolute atomic E-state index is 0.0376. The maximum absolute atomic E-state index is 12.6. The molecule has 0 saturated carbocycles. The van der Waals surface area contributed by atoms with E-state index in [2.05, 4.69) is 20.4 Å². The van der Waals surface area contributed by atoms with Gasteiger partial charge in [-0.2, -0.15) is 8.78 Å². The Morgan fingerprint density at radius 2 is 1.90 bits per heavy atom. The topological polar surface area (TPSA) is 66.0 Å². The van der Waals surface area contributed by atoms with Gasteiger partial charge in [-0.05, 0) is 37.1 Å². The third-order valence-corrected chi connectivity index (χ3v) is 4.23. The molecule has 0 fully saturated rings. The van der Waals surface area contributed by atoms with Crippen molar-refractivity contribution in [3.8, 4) is 5.75 Å². The minimum atomic E-state index is -2.88. The molecule has 2 aromatic carbocycles. The molecule has 30 heavy (non-hydrogen) atoms. The lowest BCUT2D eigenvalue weighted by atomic mass is 10.1. The van der Waals surface area contributed by atoms with Gasteiger partial charge < -0.3 is 20.3 Å². The molecule has 0 unspecified atom stereocenters. The zero-order valence-corrected chi connectivity index (χ0v) is 17.5. The van der Waals surface area contributed by atoms with E-state index in [4.69, 9.17) is 0 Å². The second-order valence-corrected chi connectivity index (χ2v) is 6.76. The number of carbonyl (C=O) groups is 1. The molecular formula is C22H28F2N4O2. The Labute approximate surface area is 175 Å². The molecule has 0 bridgehead atoms. The third kappa shape index (κ3) is 7.35. The van der Waals surface area contributed by atoms with Crippen LogP contribution in [0.25, 0.3) is 0 Å². The first-order valence-electron chi connectivity index (χ1n) is 9.76. The fourth-order valence-corrected chi connectivity index (χ4v) is 2.79. The highest BCUT2D eigenvalue weighted by Gasteiger charge is 2.10. The number of hydrogen-bond acceptors (Lipinski definition) is 3. The maximum atomic E-state index is 12.6. The molecule has 2 aromatic rings. The molecule has 0 aliphatic rings. The van der Waals surface area contributed by atoms with Gasteiger partial charge in [-0.3, -0.25) is 4.79 Å². The van der Waals surface area contributed by atoms with Crippen molar-refractivity contribution in [2.45, 2.75) is 26.5 Å². The summed E-state index contributed by atoms with van der Waals surface area (Å²) in [5.74, 6) is 0.656. The van der Waals surface area contributed by atoms with Gasteiger partial charge in [-0.1, -0.05) is 30.3 Å². The molecule has 2 rings (SSSR count). The number of carbonyl (C=O) groups excluding carboxylic acids is 1. The van der Waals surface area contributed by atoms with Crippen LogP contribution in [0.2, 0.25) is 0 Å². The summed E-state index contributed by atoms with van der Waals surface area (Å²) < 4.78 is 29.7. The molecule has 0 aliphatic heterocycles. The Hall–Kier alpha value is -3.16. The van der Waals surface area contributed by atoms with Crippen molar-refractivity contribution in [3.05, 3.63) is 65.2 Å². The van der Waals surface area contributed by atoms with Crippen molar-refractivity contribution in [2.75, 3.05) is 27.2 Å². The van der Waals surface area contributed by atoms with E-state index in [1.807, 2.05) is 25.1 Å². The van der Waals surface area contributed by atoms with E-state index in [1.54, 1.807) is 43.3 Å². The van der Waals surface area contributed by atoms with Gasteiger partial charge in [-0.15, -0.1) is 0 Å². The number of benzene rings is 2. The highest BCUT2D eigenvalue weighted by molar-refractivity contribution is 5.94. The molecule has 0 aliphatic carbocycles. The number of guanidine groups is 1. The Morgan fingerprint density at radius 3 is 2.60 bits per heavy atom. The van der Waals surface area contributed by atoms with Gasteiger partial charge in [0.2, 0.25) is 0 Å². The summed E-state index contributed by atoms with van der Waals surface area (Å²) in [5, 5.41) is 6.36. The lowest BCUT2D eigenvalue weighted by Gasteiger charge is -2.13. The molecule has 2 N–H and O–H groups in total. The van der Waals surface area contributed by atoms with E-state index < -0.39 is 6.61 Å². The quantitative estimate of drug-likeness (QED) is 0.485. The van der Waals surface area contributed by atoms with Crippen molar-refractivity contribution in [1.82, 2.24) is 15.5 Å². The van der Waals surface area contributed by atoms with Crippen LogP contribution in [0.1, 0.15) is 28.4 Å². The summed E-state index contributed by atoms with van der Waals surface area (Å²) in [5.41, 5.74) is 2.25. The number of nitrogens with zero attached hydrogens (tertiary/aromatic N) is 2. The molecule has 0 spiro atoms. The Kier molecular flexibility index (Phi) is 9.05. The first-order valence-corrected chi connectivity index (χ1v) is 9.76. The maximum Gasteiger partial charge on any atom is 0.387 e. The standard InChI is InChI=1S/C22H28F2N4O2/c1-4-25-22(27-15-18-9-5-6-11-19(18)30-21(23)24)26-13-12-16-8-7-10-17(14-16)20(29)28(2)3/h5-11,14,21H,4,12-13,15H2,1-3H3,(H2,25,26,27). The highest BCUT2D eigenvalue weighted by atomic mass is 19.3. The average Bonchev–Trinajstić information content (AvgIpc) is 2.72. The fraction of sp³-hybridized carbons (Fsp3) is 0.364. The van der Waals surface area contributed by atoms with Gasteiger partial charge in [-0.25, -0.2) is 4.99 Å². The SMILES string of the molecule is CCNC(=NCc1ccccc1OC(F)F)NCCc1cccc(C(=O)N(C)C)c1. The largest absolute Gasteiger partial charge is 0.434 e. The van der Waals surface area contributed by atoms with Crippen LogP contribution in [-0.4, -0.2) is 50.6 Å². The summed E-state index contributed by atoms with van der Waals surface area (Å²) in [7, 11) is 3.44. The second kappa shape index (κ2) is 11.7. The summed E-state index contributed by atoms with van der Waals surface area (Å²) >= 11 is 0. The van der Waals surface area contributed by atoms with Gasteiger partial charge >= 0.3 is 6.61 Å². The molecule has 0 heterocycles. The number of aliphatic imine (C=N–C) groups is 1. The number of hydrogen-bond donors (Lipinski definition) is 2. The molecule has 162 valence electrons. The highest BCUT2D eigenvalue weighted by Crippen LogP contribution is 2.20. The molecular weight excluding hydrogens is 390 g/mol. The lowest BCUT2D eigenvalue weighted by molar-refractivity contribution is -0.0504. The van der Waals surface area contributed by atoms with Crippen molar-refractivity contribution in [1.29, 1.82) is 0 Å². The van der Waals surface area contributed by atoms with E-state index in [0.717, 1.165) is 5.56 Å². The predicted octanol–water partition coefficient (Wildman–Crippen LogP) is 3.29. The summed E-state index contributed by atoms with van der Waals surface area (Å²) in [6.07, 6.45) is 0.698. The van der Waals surface area contributed by atoms with E-state index in [-0.39, 0.29) is 18.2 Å². The molecule has 0 radical (unpaired) electrons. The Bertz CT molecular complexity index is 857.